The van der Waals surface area contributed by atoms with E-state index in [1.54, 1.807) is 6.92 Å². The van der Waals surface area contributed by atoms with Crippen LogP contribution in [0.5, 0.6) is 0 Å². The number of rotatable bonds is 4. The minimum atomic E-state index is 0.196. The number of hydrogen-bond acceptors (Lipinski definition) is 2. The van der Waals surface area contributed by atoms with Crippen LogP contribution in [0.15, 0.2) is 24.3 Å². The second-order valence-electron chi connectivity index (χ2n) is 4.67. The molecule has 0 atom stereocenters. The van der Waals surface area contributed by atoms with E-state index in [4.69, 9.17) is 0 Å². The number of aromatic nitrogens is 2. The summed E-state index contributed by atoms with van der Waals surface area (Å²) in [5.74, 6) is 1.09. The van der Waals surface area contributed by atoms with Gasteiger partial charge in [-0.3, -0.25) is 0 Å². The van der Waals surface area contributed by atoms with E-state index in [9.17, 15) is 4.79 Å². The van der Waals surface area contributed by atoms with E-state index in [-0.39, 0.29) is 5.78 Å². The summed E-state index contributed by atoms with van der Waals surface area (Å²) in [5, 5.41) is 0. The molecule has 3 nitrogen and oxygen atoms in total. The molecule has 0 radical (unpaired) electrons. The van der Waals surface area contributed by atoms with Crippen molar-refractivity contribution >= 4 is 5.78 Å². The van der Waals surface area contributed by atoms with Gasteiger partial charge >= 0.3 is 0 Å². The number of nitrogens with one attached hydrogen (secondary N) is 1. The Morgan fingerprint density at radius 1 is 1.28 bits per heavy atom. The highest BCUT2D eigenvalue weighted by Crippen LogP contribution is 2.24. The molecular weight excluding hydrogens is 224 g/mol. The molecule has 18 heavy (non-hydrogen) atoms. The molecule has 2 aromatic rings. The highest BCUT2D eigenvalue weighted by molar-refractivity contribution is 5.75. The van der Waals surface area contributed by atoms with Crippen molar-refractivity contribution in [3.05, 3.63) is 41.3 Å². The predicted octanol–water partition coefficient (Wildman–Crippen LogP) is 3.22. The van der Waals surface area contributed by atoms with Crippen LogP contribution in [-0.2, 0) is 11.2 Å². The monoisotopic (exact) mass is 242 g/mol. The molecule has 94 valence electrons. The summed E-state index contributed by atoms with van der Waals surface area (Å²) in [4.78, 5) is 18.9. The van der Waals surface area contributed by atoms with Gasteiger partial charge in [-0.2, -0.15) is 0 Å². The van der Waals surface area contributed by atoms with Gasteiger partial charge in [-0.25, -0.2) is 4.98 Å². The van der Waals surface area contributed by atoms with Gasteiger partial charge in [-0.05, 0) is 26.3 Å². The van der Waals surface area contributed by atoms with E-state index >= 15 is 0 Å². The van der Waals surface area contributed by atoms with Gasteiger partial charge in [0, 0.05) is 24.1 Å². The minimum absolute atomic E-state index is 0.196. The van der Waals surface area contributed by atoms with Gasteiger partial charge in [-0.1, -0.05) is 24.3 Å². The Morgan fingerprint density at radius 2 is 2.00 bits per heavy atom. The minimum Gasteiger partial charge on any atom is -0.346 e. The third-order valence-corrected chi connectivity index (χ3v) is 3.05. The summed E-state index contributed by atoms with van der Waals surface area (Å²) in [6.45, 7) is 5.71. The van der Waals surface area contributed by atoms with E-state index in [1.165, 1.54) is 5.56 Å². The summed E-state index contributed by atoms with van der Waals surface area (Å²) in [6, 6.07) is 8.20. The zero-order valence-corrected chi connectivity index (χ0v) is 11.1. The second kappa shape index (κ2) is 5.17. The van der Waals surface area contributed by atoms with Crippen LogP contribution >= 0.6 is 0 Å². The smallest absolute Gasteiger partial charge is 0.130 e. The van der Waals surface area contributed by atoms with Crippen molar-refractivity contribution in [1.82, 2.24) is 9.97 Å². The number of carbonyl (C=O) groups excluding carboxylic acids is 1. The van der Waals surface area contributed by atoms with Crippen molar-refractivity contribution in [1.29, 1.82) is 0 Å². The Kier molecular flexibility index (Phi) is 3.60. The molecule has 0 saturated heterocycles. The summed E-state index contributed by atoms with van der Waals surface area (Å²) in [6.07, 6.45) is 1.22. The standard InChI is InChI=1S/C15H18N2O/c1-10-6-4-5-7-13(10)15-12(3)16-14(17-15)9-8-11(2)18/h4-7H,8-9H2,1-3H3,(H,16,17). The molecule has 1 N–H and O–H groups in total. The topological polar surface area (TPSA) is 45.8 Å². The fraction of sp³-hybridized carbons (Fsp3) is 0.333. The highest BCUT2D eigenvalue weighted by atomic mass is 16.1. The lowest BCUT2D eigenvalue weighted by molar-refractivity contribution is -0.117. The van der Waals surface area contributed by atoms with Crippen LogP contribution in [0.3, 0.4) is 0 Å². The largest absolute Gasteiger partial charge is 0.346 e. The Morgan fingerprint density at radius 3 is 2.67 bits per heavy atom. The summed E-state index contributed by atoms with van der Waals surface area (Å²) in [5.41, 5.74) is 4.42. The quantitative estimate of drug-likeness (QED) is 0.894. The molecule has 1 aromatic heterocycles. The number of Topliss-reactive ketones (excluding diaryl/α,β-unsaturated/α-hetero) is 1. The Labute approximate surface area is 107 Å². The maximum atomic E-state index is 11.0. The van der Waals surface area contributed by atoms with Crippen LogP contribution in [0.2, 0.25) is 0 Å². The molecule has 0 bridgehead atoms. The van der Waals surface area contributed by atoms with Crippen molar-refractivity contribution in [2.24, 2.45) is 0 Å². The molecular formula is C15H18N2O. The average Bonchev–Trinajstić information content (AvgIpc) is 2.69. The summed E-state index contributed by atoms with van der Waals surface area (Å²) >= 11 is 0. The second-order valence-corrected chi connectivity index (χ2v) is 4.67. The maximum absolute atomic E-state index is 11.0. The molecule has 2 rings (SSSR count). The van der Waals surface area contributed by atoms with E-state index in [2.05, 4.69) is 29.0 Å². The first kappa shape index (κ1) is 12.6. The summed E-state index contributed by atoms with van der Waals surface area (Å²) in [7, 11) is 0. The molecule has 0 aliphatic rings. The molecule has 0 aliphatic heterocycles. The van der Waals surface area contributed by atoms with Crippen molar-refractivity contribution in [3.8, 4) is 11.3 Å². The first-order valence-electron chi connectivity index (χ1n) is 6.19. The third kappa shape index (κ3) is 2.67. The first-order valence-corrected chi connectivity index (χ1v) is 6.19. The molecule has 3 heteroatoms. The van der Waals surface area contributed by atoms with Gasteiger partial charge in [0.2, 0.25) is 0 Å². The number of ketones is 1. The Hall–Kier alpha value is -1.90. The van der Waals surface area contributed by atoms with Crippen LogP contribution in [0.25, 0.3) is 11.3 Å². The van der Waals surface area contributed by atoms with Gasteiger partial charge < -0.3 is 9.78 Å². The number of hydrogen-bond donors (Lipinski definition) is 1. The van der Waals surface area contributed by atoms with E-state index in [0.717, 1.165) is 22.8 Å². The molecule has 1 aromatic carbocycles. The van der Waals surface area contributed by atoms with Gasteiger partial charge in [0.1, 0.15) is 11.6 Å². The Bertz CT molecular complexity index is 570. The fourth-order valence-corrected chi connectivity index (χ4v) is 2.04. The molecule has 0 aliphatic carbocycles. The number of nitrogens with zero attached hydrogens (tertiary/aromatic N) is 1. The molecule has 0 fully saturated rings. The molecule has 0 saturated carbocycles. The molecule has 1 heterocycles. The van der Waals surface area contributed by atoms with Gasteiger partial charge in [0.25, 0.3) is 0 Å². The third-order valence-electron chi connectivity index (χ3n) is 3.05. The lowest BCUT2D eigenvalue weighted by Gasteiger charge is -2.02. The maximum Gasteiger partial charge on any atom is 0.130 e. The van der Waals surface area contributed by atoms with Crippen LogP contribution < -0.4 is 0 Å². The number of carbonyl (C=O) groups is 1. The van der Waals surface area contributed by atoms with Crippen LogP contribution in [0.4, 0.5) is 0 Å². The number of imidazole rings is 1. The average molecular weight is 242 g/mol. The number of H-pyrrole nitrogens is 1. The van der Waals surface area contributed by atoms with Crippen LogP contribution in [-0.4, -0.2) is 15.8 Å². The molecule has 0 spiro atoms. The van der Waals surface area contributed by atoms with Crippen molar-refractivity contribution in [2.45, 2.75) is 33.6 Å². The number of aryl methyl sites for hydroxylation is 3. The molecule has 0 unspecified atom stereocenters. The lowest BCUT2D eigenvalue weighted by atomic mass is 10.1. The van der Waals surface area contributed by atoms with Gasteiger partial charge in [-0.15, -0.1) is 0 Å². The zero-order chi connectivity index (χ0) is 13.1. The van der Waals surface area contributed by atoms with E-state index in [0.29, 0.717) is 12.8 Å². The van der Waals surface area contributed by atoms with E-state index < -0.39 is 0 Å². The fourth-order valence-electron chi connectivity index (χ4n) is 2.04. The zero-order valence-electron chi connectivity index (χ0n) is 11.1. The van der Waals surface area contributed by atoms with Gasteiger partial charge in [0.15, 0.2) is 0 Å². The van der Waals surface area contributed by atoms with Crippen molar-refractivity contribution in [3.63, 3.8) is 0 Å². The van der Waals surface area contributed by atoms with Crippen molar-refractivity contribution < 1.29 is 4.79 Å². The van der Waals surface area contributed by atoms with Crippen LogP contribution in [0, 0.1) is 13.8 Å². The Balaban J connectivity index is 2.30. The normalized spacial score (nSPS) is 10.6. The van der Waals surface area contributed by atoms with Gasteiger partial charge in [0.05, 0.1) is 5.69 Å². The van der Waals surface area contributed by atoms with E-state index in [1.807, 2.05) is 19.1 Å². The number of aromatic amines is 1. The van der Waals surface area contributed by atoms with Crippen molar-refractivity contribution in [2.75, 3.05) is 0 Å². The SMILES string of the molecule is CC(=O)CCc1nc(-c2ccccc2C)c(C)[nH]1. The van der Waals surface area contributed by atoms with Crippen LogP contribution in [0.1, 0.15) is 30.4 Å². The summed E-state index contributed by atoms with van der Waals surface area (Å²) < 4.78 is 0. The molecule has 0 amide bonds. The number of benzene rings is 1. The highest BCUT2D eigenvalue weighted by Gasteiger charge is 2.10. The predicted molar refractivity (Wildman–Crippen MR) is 72.5 cm³/mol. The first-order chi connectivity index (χ1) is 8.58. The lowest BCUT2D eigenvalue weighted by Crippen LogP contribution is -1.95.